The van der Waals surface area contributed by atoms with E-state index in [4.69, 9.17) is 10.5 Å². The number of methoxy groups -OCH3 is 1. The first kappa shape index (κ1) is 21.3. The van der Waals surface area contributed by atoms with E-state index in [1.165, 1.54) is 13.3 Å². The van der Waals surface area contributed by atoms with Crippen molar-refractivity contribution < 1.29 is 23.4 Å². The number of halogens is 2. The normalized spacial score (nSPS) is 20.8. The number of benzene rings is 1. The highest BCUT2D eigenvalue weighted by Gasteiger charge is 2.33. The van der Waals surface area contributed by atoms with Crippen LogP contribution < -0.4 is 20.8 Å². The molecule has 1 saturated heterocycles. The highest BCUT2D eigenvalue weighted by molar-refractivity contribution is 5.97. The Bertz CT molecular complexity index is 1150. The van der Waals surface area contributed by atoms with Crippen LogP contribution in [0.4, 0.5) is 14.5 Å². The molecule has 0 radical (unpaired) electrons. The summed E-state index contributed by atoms with van der Waals surface area (Å²) in [4.78, 5) is 26.1. The number of hydrogen-bond acceptors (Lipinski definition) is 5. The van der Waals surface area contributed by atoms with Crippen molar-refractivity contribution in [1.82, 2.24) is 4.57 Å². The Kier molecular flexibility index (Phi) is 5.47. The van der Waals surface area contributed by atoms with E-state index in [-0.39, 0.29) is 41.2 Å². The molecule has 1 saturated carbocycles. The first-order chi connectivity index (χ1) is 14.8. The largest absolute Gasteiger partial charge is 0.492 e. The number of carboxylic acid groups (broad SMARTS) is 1. The van der Waals surface area contributed by atoms with Crippen LogP contribution in [0, 0.1) is 11.7 Å². The number of nitrogens with two attached hydrogens (primary N) is 1. The molecule has 2 aliphatic rings. The number of carbonyl (C=O) groups is 1. The smallest absolute Gasteiger partial charge is 0.341 e. The molecule has 1 aliphatic heterocycles. The minimum absolute atomic E-state index is 0.0234. The molecule has 0 spiro atoms. The summed E-state index contributed by atoms with van der Waals surface area (Å²) in [5.41, 5.74) is 5.53. The van der Waals surface area contributed by atoms with Crippen LogP contribution in [0.3, 0.4) is 0 Å². The zero-order chi connectivity index (χ0) is 22.4. The third kappa shape index (κ3) is 3.56. The number of fused-ring (bicyclic) bond motifs is 1. The lowest BCUT2D eigenvalue weighted by atomic mass is 9.91. The van der Waals surface area contributed by atoms with Crippen molar-refractivity contribution in [3.05, 3.63) is 45.3 Å². The molecule has 1 aromatic carbocycles. The number of aromatic nitrogens is 1. The van der Waals surface area contributed by atoms with Crippen molar-refractivity contribution >= 4 is 22.6 Å². The Morgan fingerprint density at radius 3 is 2.65 bits per heavy atom. The fourth-order valence-electron chi connectivity index (χ4n) is 4.50. The van der Waals surface area contributed by atoms with Crippen molar-refractivity contribution in [3.63, 3.8) is 0 Å². The zero-order valence-corrected chi connectivity index (χ0v) is 17.5. The molecule has 1 aliphatic carbocycles. The number of piperidine rings is 1. The minimum atomic E-state index is -1.35. The van der Waals surface area contributed by atoms with E-state index < -0.39 is 22.8 Å². The second kappa shape index (κ2) is 7.96. The quantitative estimate of drug-likeness (QED) is 0.752. The molecule has 4 rings (SSSR count). The first-order valence-electron chi connectivity index (χ1n) is 10.3. The molecular weight excluding hydrogens is 408 g/mol. The van der Waals surface area contributed by atoms with Crippen molar-refractivity contribution in [1.29, 1.82) is 0 Å². The second-order valence-corrected chi connectivity index (χ2v) is 8.18. The van der Waals surface area contributed by atoms with Crippen LogP contribution in [0.5, 0.6) is 5.75 Å². The number of hydrogen-bond donors (Lipinski definition) is 2. The van der Waals surface area contributed by atoms with Gasteiger partial charge in [-0.15, -0.1) is 0 Å². The molecule has 31 heavy (non-hydrogen) atoms. The number of carboxylic acids is 1. The summed E-state index contributed by atoms with van der Waals surface area (Å²) in [7, 11) is 1.40. The summed E-state index contributed by atoms with van der Waals surface area (Å²) in [5.74, 6) is -2.34. The fourth-order valence-corrected chi connectivity index (χ4v) is 4.50. The molecule has 2 heterocycles. The predicted molar refractivity (Wildman–Crippen MR) is 113 cm³/mol. The molecule has 1 unspecified atom stereocenters. The van der Waals surface area contributed by atoms with Crippen molar-refractivity contribution in [2.75, 3.05) is 31.6 Å². The minimum Gasteiger partial charge on any atom is -0.492 e. The van der Waals surface area contributed by atoms with Crippen LogP contribution in [0.2, 0.25) is 0 Å². The van der Waals surface area contributed by atoms with Gasteiger partial charge in [-0.2, -0.15) is 0 Å². The Hall–Kier alpha value is -2.94. The van der Waals surface area contributed by atoms with Gasteiger partial charge < -0.3 is 25.0 Å². The van der Waals surface area contributed by atoms with E-state index in [0.29, 0.717) is 30.6 Å². The molecule has 0 amide bonds. The van der Waals surface area contributed by atoms with Crippen LogP contribution in [0.1, 0.15) is 42.6 Å². The van der Waals surface area contributed by atoms with E-state index in [2.05, 4.69) is 0 Å². The van der Waals surface area contributed by atoms with E-state index in [1.807, 2.05) is 6.92 Å². The number of ether oxygens (including phenoxy) is 1. The SMILES string of the molecule is COc1c(N2CCC(=C(F)CN)C(C)C2)c(F)cc2c(=O)c(C(=O)O)cn(C3CC3)c12. The molecule has 7 nitrogen and oxygen atoms in total. The second-order valence-electron chi connectivity index (χ2n) is 8.18. The van der Waals surface area contributed by atoms with E-state index in [0.717, 1.165) is 18.9 Å². The zero-order valence-electron chi connectivity index (χ0n) is 17.5. The topological polar surface area (TPSA) is 97.8 Å². The first-order valence-corrected chi connectivity index (χ1v) is 10.3. The standard InChI is InChI=1S/C22H25F2N3O4/c1-11-9-26(6-5-13(11)17(24)8-25)19-16(23)7-14-18(21(19)31-2)27(12-3-4-12)10-15(20(14)28)22(29)30/h7,10-12H,3-6,8-9,25H2,1-2H3,(H,29,30). The van der Waals surface area contributed by atoms with Gasteiger partial charge in [-0.3, -0.25) is 4.79 Å². The molecule has 1 atom stereocenters. The molecule has 2 aromatic rings. The summed E-state index contributed by atoms with van der Waals surface area (Å²) in [6, 6.07) is 1.12. The molecule has 9 heteroatoms. The van der Waals surface area contributed by atoms with Gasteiger partial charge in [0.1, 0.15) is 17.1 Å². The van der Waals surface area contributed by atoms with E-state index in [1.54, 1.807) is 9.47 Å². The Morgan fingerprint density at radius 2 is 2.10 bits per heavy atom. The summed E-state index contributed by atoms with van der Waals surface area (Å²) < 4.78 is 36.7. The average molecular weight is 433 g/mol. The fraction of sp³-hybridized carbons (Fsp3) is 0.455. The Balaban J connectivity index is 1.91. The number of anilines is 1. The third-order valence-electron chi connectivity index (χ3n) is 6.16. The van der Waals surface area contributed by atoms with Crippen LogP contribution in [0.25, 0.3) is 10.9 Å². The monoisotopic (exact) mass is 433 g/mol. The van der Waals surface area contributed by atoms with Gasteiger partial charge in [0.25, 0.3) is 0 Å². The molecule has 0 bridgehead atoms. The van der Waals surface area contributed by atoms with Crippen LogP contribution in [-0.4, -0.2) is 42.4 Å². The van der Waals surface area contributed by atoms with Crippen LogP contribution in [0.15, 0.2) is 28.5 Å². The van der Waals surface area contributed by atoms with Gasteiger partial charge in [0.05, 0.1) is 18.0 Å². The van der Waals surface area contributed by atoms with Gasteiger partial charge in [0.2, 0.25) is 5.43 Å². The summed E-state index contributed by atoms with van der Waals surface area (Å²) in [6.45, 7) is 2.43. The maximum Gasteiger partial charge on any atom is 0.341 e. The molecule has 1 aromatic heterocycles. The summed E-state index contributed by atoms with van der Waals surface area (Å²) in [5, 5.41) is 9.41. The van der Waals surface area contributed by atoms with Crippen LogP contribution >= 0.6 is 0 Å². The molecule has 166 valence electrons. The highest BCUT2D eigenvalue weighted by atomic mass is 19.1. The van der Waals surface area contributed by atoms with Gasteiger partial charge in [-0.25, -0.2) is 13.6 Å². The van der Waals surface area contributed by atoms with Gasteiger partial charge in [-0.1, -0.05) is 6.92 Å². The van der Waals surface area contributed by atoms with Gasteiger partial charge in [0.15, 0.2) is 11.6 Å². The van der Waals surface area contributed by atoms with Gasteiger partial charge in [0, 0.05) is 31.9 Å². The third-order valence-corrected chi connectivity index (χ3v) is 6.16. The van der Waals surface area contributed by atoms with E-state index >= 15 is 4.39 Å². The lowest BCUT2D eigenvalue weighted by Gasteiger charge is -2.36. The van der Waals surface area contributed by atoms with Gasteiger partial charge >= 0.3 is 5.97 Å². The number of nitrogens with zero attached hydrogens (tertiary/aromatic N) is 2. The van der Waals surface area contributed by atoms with Crippen molar-refractivity contribution in [2.45, 2.75) is 32.2 Å². The summed E-state index contributed by atoms with van der Waals surface area (Å²) >= 11 is 0. The number of rotatable bonds is 5. The maximum absolute atomic E-state index is 15.3. The number of aromatic carboxylic acids is 1. The lowest BCUT2D eigenvalue weighted by Crippen LogP contribution is -2.37. The Morgan fingerprint density at radius 1 is 1.39 bits per heavy atom. The van der Waals surface area contributed by atoms with Crippen molar-refractivity contribution in [2.24, 2.45) is 11.7 Å². The predicted octanol–water partition coefficient (Wildman–Crippen LogP) is 3.21. The molecular formula is C22H25F2N3O4. The maximum atomic E-state index is 15.3. The summed E-state index contributed by atoms with van der Waals surface area (Å²) in [6.07, 6.45) is 3.39. The van der Waals surface area contributed by atoms with Gasteiger partial charge in [-0.05, 0) is 36.8 Å². The molecule has 2 fully saturated rings. The molecule has 3 N–H and O–H groups in total. The van der Waals surface area contributed by atoms with Crippen LogP contribution in [-0.2, 0) is 0 Å². The van der Waals surface area contributed by atoms with Crippen molar-refractivity contribution in [3.8, 4) is 5.75 Å². The van der Waals surface area contributed by atoms with E-state index in [9.17, 15) is 19.1 Å². The Labute approximate surface area is 177 Å². The number of pyridine rings is 1. The lowest BCUT2D eigenvalue weighted by molar-refractivity contribution is 0.0694. The average Bonchev–Trinajstić information content (AvgIpc) is 3.57. The highest BCUT2D eigenvalue weighted by Crippen LogP contribution is 2.44.